The number of rotatable bonds is 7. The van der Waals surface area contributed by atoms with Crippen molar-refractivity contribution in [1.29, 1.82) is 0 Å². The van der Waals surface area contributed by atoms with Crippen LogP contribution in [0.1, 0.15) is 25.0 Å². The Morgan fingerprint density at radius 3 is 2.04 bits per heavy atom. The number of benzene rings is 6. The predicted molar refractivity (Wildman–Crippen MR) is 200 cm³/mol. The topological polar surface area (TPSA) is 50.9 Å². The van der Waals surface area contributed by atoms with E-state index in [2.05, 4.69) is 140 Å². The molecule has 0 aliphatic heterocycles. The first-order valence-corrected chi connectivity index (χ1v) is 16.5. The maximum Gasteiger partial charge on any atom is 0.148 e. The number of phenolic OH excluding ortho intramolecular Hbond substituents is 1. The maximum absolute atomic E-state index is 10.9. The van der Waals surface area contributed by atoms with Gasteiger partial charge in [-0.3, -0.25) is 9.55 Å². The number of hydrogen-bond acceptors (Lipinski definition) is 3. The SMILES string of the molecule is CC(C)(c1ccccc1)c1ccccc1-c1ccnc(-c2[c-]c(-c3cccc4c3nc(-c3ccccc3O)n4-c3ccccc3)ccc2)c1.[Pt]. The zero-order valence-electron chi connectivity index (χ0n) is 27.7. The van der Waals surface area contributed by atoms with Crippen molar-refractivity contribution in [3.8, 4) is 56.3 Å². The molecule has 8 rings (SSSR count). The van der Waals surface area contributed by atoms with Crippen LogP contribution in [-0.2, 0) is 26.5 Å². The summed E-state index contributed by atoms with van der Waals surface area (Å²) in [6.07, 6.45) is 1.89. The van der Waals surface area contributed by atoms with Crippen LogP contribution in [0.15, 0.2) is 164 Å². The molecule has 0 unspecified atom stereocenters. The molecule has 2 heterocycles. The Kier molecular flexibility index (Phi) is 9.06. The first kappa shape index (κ1) is 33.0. The second kappa shape index (κ2) is 13.7. The number of fused-ring (bicyclic) bond motifs is 1. The first-order valence-electron chi connectivity index (χ1n) is 16.5. The van der Waals surface area contributed by atoms with Crippen molar-refractivity contribution in [1.82, 2.24) is 14.5 Å². The van der Waals surface area contributed by atoms with Crippen LogP contribution in [0.25, 0.3) is 61.6 Å². The third-order valence-electron chi connectivity index (χ3n) is 9.37. The van der Waals surface area contributed by atoms with Crippen molar-refractivity contribution < 1.29 is 26.2 Å². The van der Waals surface area contributed by atoms with Crippen LogP contribution < -0.4 is 0 Å². The minimum atomic E-state index is -0.190. The average Bonchev–Trinajstić information content (AvgIpc) is 3.55. The van der Waals surface area contributed by atoms with E-state index in [9.17, 15) is 5.11 Å². The number of para-hydroxylation sites is 3. The normalized spacial score (nSPS) is 11.3. The second-order valence-corrected chi connectivity index (χ2v) is 12.7. The van der Waals surface area contributed by atoms with E-state index in [0.29, 0.717) is 11.4 Å². The van der Waals surface area contributed by atoms with Gasteiger partial charge in [0.15, 0.2) is 0 Å². The monoisotopic (exact) mass is 827 g/mol. The van der Waals surface area contributed by atoms with Crippen molar-refractivity contribution in [2.24, 2.45) is 0 Å². The van der Waals surface area contributed by atoms with Crippen LogP contribution in [0, 0.1) is 6.07 Å². The summed E-state index contributed by atoms with van der Waals surface area (Å²) in [6, 6.07) is 57.1. The predicted octanol–water partition coefficient (Wildman–Crippen LogP) is 10.9. The summed E-state index contributed by atoms with van der Waals surface area (Å²) < 4.78 is 2.11. The van der Waals surface area contributed by atoms with Gasteiger partial charge in [0.2, 0.25) is 0 Å². The fourth-order valence-electron chi connectivity index (χ4n) is 6.81. The van der Waals surface area contributed by atoms with E-state index >= 15 is 0 Å². The summed E-state index contributed by atoms with van der Waals surface area (Å²) in [4.78, 5) is 9.99. The van der Waals surface area contributed by atoms with E-state index in [4.69, 9.17) is 9.97 Å². The third-order valence-corrected chi connectivity index (χ3v) is 9.37. The van der Waals surface area contributed by atoms with Gasteiger partial charge in [-0.05, 0) is 58.7 Å². The molecule has 0 bridgehead atoms. The number of nitrogens with zero attached hydrogens (tertiary/aromatic N) is 3. The van der Waals surface area contributed by atoms with Gasteiger partial charge in [-0.1, -0.05) is 128 Å². The van der Waals surface area contributed by atoms with Crippen LogP contribution >= 0.6 is 0 Å². The van der Waals surface area contributed by atoms with Gasteiger partial charge in [0.05, 0.1) is 16.6 Å². The van der Waals surface area contributed by atoms with E-state index < -0.39 is 0 Å². The Hall–Kier alpha value is -5.57. The molecule has 50 heavy (non-hydrogen) atoms. The van der Waals surface area contributed by atoms with Gasteiger partial charge in [0.25, 0.3) is 0 Å². The Bertz CT molecular complexity index is 2430. The zero-order chi connectivity index (χ0) is 33.4. The third kappa shape index (κ3) is 5.97. The molecule has 0 aliphatic rings. The first-order chi connectivity index (χ1) is 24.0. The molecule has 0 fully saturated rings. The molecular weight excluding hydrogens is 794 g/mol. The molecule has 0 saturated carbocycles. The minimum Gasteiger partial charge on any atom is -0.507 e. The standard InChI is InChI=1S/C45H34N3O.Pt/c1-45(2,34-17-5-3-6-18-34)39-24-11-9-21-36(39)32-27-28-46-40(30-32)33-16-13-15-31(29-33)37-23-14-25-41-43(37)47-44(38-22-10-12-26-42(38)49)48(41)35-19-7-4-8-20-35;/h3-28,30,49H,1-2H3;/q-1;. The van der Waals surface area contributed by atoms with Crippen LogP contribution in [-0.4, -0.2) is 19.6 Å². The van der Waals surface area contributed by atoms with E-state index in [0.717, 1.165) is 44.7 Å². The van der Waals surface area contributed by atoms with E-state index in [1.54, 1.807) is 6.07 Å². The van der Waals surface area contributed by atoms with Gasteiger partial charge in [0, 0.05) is 44.1 Å². The Balaban J connectivity index is 0.00000392. The molecule has 1 N–H and O–H groups in total. The quantitative estimate of drug-likeness (QED) is 0.163. The van der Waals surface area contributed by atoms with Gasteiger partial charge in [0.1, 0.15) is 11.6 Å². The molecule has 0 amide bonds. The van der Waals surface area contributed by atoms with E-state index in [-0.39, 0.29) is 32.2 Å². The van der Waals surface area contributed by atoms with Crippen LogP contribution in [0.5, 0.6) is 5.75 Å². The molecular formula is C45H34N3OPt-. The Morgan fingerprint density at radius 1 is 0.620 bits per heavy atom. The molecule has 8 aromatic rings. The van der Waals surface area contributed by atoms with Crippen LogP contribution in [0.4, 0.5) is 0 Å². The van der Waals surface area contributed by atoms with Crippen molar-refractivity contribution in [2.75, 3.05) is 0 Å². The molecule has 246 valence electrons. The maximum atomic E-state index is 10.9. The van der Waals surface area contributed by atoms with E-state index in [1.165, 1.54) is 16.7 Å². The molecule has 0 aliphatic carbocycles. The smallest absolute Gasteiger partial charge is 0.148 e. The summed E-state index contributed by atoms with van der Waals surface area (Å²) in [6.45, 7) is 4.57. The fourth-order valence-corrected chi connectivity index (χ4v) is 6.81. The van der Waals surface area contributed by atoms with Crippen molar-refractivity contribution in [3.63, 3.8) is 0 Å². The van der Waals surface area contributed by atoms with Gasteiger partial charge < -0.3 is 5.11 Å². The molecule has 2 aromatic heterocycles. The Morgan fingerprint density at radius 2 is 1.26 bits per heavy atom. The Labute approximate surface area is 307 Å². The molecule has 0 radical (unpaired) electrons. The number of aromatic hydroxyl groups is 1. The second-order valence-electron chi connectivity index (χ2n) is 12.7. The molecule has 6 aromatic carbocycles. The summed E-state index contributed by atoms with van der Waals surface area (Å²) in [5.41, 5.74) is 11.7. The summed E-state index contributed by atoms with van der Waals surface area (Å²) >= 11 is 0. The molecule has 4 nitrogen and oxygen atoms in total. The number of phenols is 1. The number of aromatic nitrogens is 3. The van der Waals surface area contributed by atoms with Crippen molar-refractivity contribution >= 4 is 11.0 Å². The summed E-state index contributed by atoms with van der Waals surface area (Å²) in [5, 5.41) is 10.9. The molecule has 0 spiro atoms. The number of hydrogen-bond donors (Lipinski definition) is 1. The number of imidazole rings is 1. The van der Waals surface area contributed by atoms with Gasteiger partial charge in [-0.15, -0.1) is 29.8 Å². The van der Waals surface area contributed by atoms with Gasteiger partial charge in [-0.2, -0.15) is 0 Å². The fraction of sp³-hybridized carbons (Fsp3) is 0.0667. The number of pyridine rings is 1. The molecule has 5 heteroatoms. The van der Waals surface area contributed by atoms with Crippen molar-refractivity contribution in [2.45, 2.75) is 19.3 Å². The summed E-state index contributed by atoms with van der Waals surface area (Å²) in [7, 11) is 0. The van der Waals surface area contributed by atoms with E-state index in [1.807, 2.05) is 42.6 Å². The minimum absolute atomic E-state index is 0. The zero-order valence-corrected chi connectivity index (χ0v) is 30.0. The molecule has 0 atom stereocenters. The van der Waals surface area contributed by atoms with Gasteiger partial charge in [-0.25, -0.2) is 4.98 Å². The average molecular weight is 828 g/mol. The molecule has 0 saturated heterocycles. The van der Waals surface area contributed by atoms with Gasteiger partial charge >= 0.3 is 0 Å². The summed E-state index contributed by atoms with van der Waals surface area (Å²) in [5.74, 6) is 0.860. The van der Waals surface area contributed by atoms with Crippen LogP contribution in [0.2, 0.25) is 0 Å². The largest absolute Gasteiger partial charge is 0.507 e. The van der Waals surface area contributed by atoms with Crippen molar-refractivity contribution in [3.05, 3.63) is 181 Å². The van der Waals surface area contributed by atoms with Crippen LogP contribution in [0.3, 0.4) is 0 Å².